The molecular weight excluding hydrogens is 236 g/mol. The van der Waals surface area contributed by atoms with Crippen molar-refractivity contribution in [3.05, 3.63) is 33.9 Å². The molecule has 0 unspecified atom stereocenters. The van der Waals surface area contributed by atoms with Gasteiger partial charge in [-0.15, -0.1) is 0 Å². The van der Waals surface area contributed by atoms with Crippen molar-refractivity contribution in [2.24, 2.45) is 0 Å². The number of nitro groups is 1. The summed E-state index contributed by atoms with van der Waals surface area (Å²) in [4.78, 5) is 23.7. The molecule has 0 aliphatic heterocycles. The molecule has 1 aromatic carbocycles. The third-order valence-corrected chi connectivity index (χ3v) is 2.60. The molecule has 18 heavy (non-hydrogen) atoms. The topological polar surface area (TPSA) is 83.7 Å². The summed E-state index contributed by atoms with van der Waals surface area (Å²) >= 11 is 0. The van der Waals surface area contributed by atoms with Gasteiger partial charge in [0.2, 0.25) is 0 Å². The summed E-state index contributed by atoms with van der Waals surface area (Å²) in [5.74, 6) is -0.612. The fraction of sp³-hybridized carbons (Fsp3) is 0.417. The van der Waals surface area contributed by atoms with Crippen LogP contribution in [-0.2, 0) is 0 Å². The van der Waals surface area contributed by atoms with E-state index in [0.717, 1.165) is 25.0 Å². The number of carbonyl (C=O) groups excluding carboxylic acids is 1. The number of benzene rings is 1. The predicted molar refractivity (Wildman–Crippen MR) is 66.6 cm³/mol. The number of aromatic hydroxyl groups is 1. The van der Waals surface area contributed by atoms with E-state index in [0.29, 0.717) is 6.54 Å². The first-order valence-corrected chi connectivity index (χ1v) is 5.70. The van der Waals surface area contributed by atoms with Crippen molar-refractivity contribution < 1.29 is 14.8 Å². The molecule has 0 aliphatic carbocycles. The van der Waals surface area contributed by atoms with Gasteiger partial charge < -0.3 is 10.0 Å². The molecule has 0 bridgehead atoms. The second-order valence-electron chi connectivity index (χ2n) is 4.04. The Morgan fingerprint density at radius 1 is 1.50 bits per heavy atom. The number of carbonyl (C=O) groups is 1. The first-order valence-electron chi connectivity index (χ1n) is 5.70. The molecule has 1 amide bonds. The van der Waals surface area contributed by atoms with Gasteiger partial charge in [0.05, 0.1) is 4.92 Å². The van der Waals surface area contributed by atoms with Gasteiger partial charge in [-0.3, -0.25) is 14.9 Å². The van der Waals surface area contributed by atoms with E-state index in [9.17, 15) is 20.0 Å². The maximum atomic E-state index is 12.0. The number of phenolic OH excluding ortho intramolecular Hbond substituents is 1. The van der Waals surface area contributed by atoms with Crippen molar-refractivity contribution in [3.63, 3.8) is 0 Å². The van der Waals surface area contributed by atoms with Crippen LogP contribution in [0.2, 0.25) is 0 Å². The van der Waals surface area contributed by atoms with E-state index in [1.165, 1.54) is 11.0 Å². The number of nitro benzene ring substituents is 1. The van der Waals surface area contributed by atoms with E-state index in [1.807, 2.05) is 6.92 Å². The van der Waals surface area contributed by atoms with Crippen LogP contribution in [0, 0.1) is 10.1 Å². The summed E-state index contributed by atoms with van der Waals surface area (Å²) in [6, 6.07) is 3.46. The maximum absolute atomic E-state index is 12.0. The number of nitrogens with zero attached hydrogens (tertiary/aromatic N) is 2. The lowest BCUT2D eigenvalue weighted by Gasteiger charge is -2.16. The van der Waals surface area contributed by atoms with E-state index >= 15 is 0 Å². The van der Waals surface area contributed by atoms with Crippen LogP contribution >= 0.6 is 0 Å². The number of hydrogen-bond acceptors (Lipinski definition) is 4. The molecule has 0 radical (unpaired) electrons. The lowest BCUT2D eigenvalue weighted by atomic mass is 10.1. The summed E-state index contributed by atoms with van der Waals surface area (Å²) in [5.41, 5.74) is -0.375. The maximum Gasteiger partial charge on any atom is 0.282 e. The molecule has 1 rings (SSSR count). The van der Waals surface area contributed by atoms with Gasteiger partial charge in [0.15, 0.2) is 0 Å². The molecule has 6 nitrogen and oxygen atoms in total. The molecule has 0 aromatic heterocycles. The molecule has 0 saturated heterocycles. The van der Waals surface area contributed by atoms with Crippen LogP contribution < -0.4 is 0 Å². The van der Waals surface area contributed by atoms with Crippen LogP contribution in [0.5, 0.6) is 5.75 Å². The van der Waals surface area contributed by atoms with E-state index in [1.54, 1.807) is 7.05 Å². The molecule has 0 heterocycles. The highest BCUT2D eigenvalue weighted by Crippen LogP contribution is 2.24. The van der Waals surface area contributed by atoms with Gasteiger partial charge in [0.1, 0.15) is 11.3 Å². The van der Waals surface area contributed by atoms with Crippen molar-refractivity contribution in [2.45, 2.75) is 19.8 Å². The molecule has 0 spiro atoms. The molecule has 6 heteroatoms. The first-order chi connectivity index (χ1) is 8.47. The average Bonchev–Trinajstić information content (AvgIpc) is 2.34. The van der Waals surface area contributed by atoms with Gasteiger partial charge in [-0.1, -0.05) is 13.3 Å². The van der Waals surface area contributed by atoms with Crippen molar-refractivity contribution in [2.75, 3.05) is 13.6 Å². The summed E-state index contributed by atoms with van der Waals surface area (Å²) in [6.07, 6.45) is 1.76. The predicted octanol–water partition coefficient (Wildman–Crippen LogP) is 2.17. The lowest BCUT2D eigenvalue weighted by molar-refractivity contribution is -0.385. The normalized spacial score (nSPS) is 10.1. The highest BCUT2D eigenvalue weighted by Gasteiger charge is 2.23. The molecule has 0 fully saturated rings. The largest absolute Gasteiger partial charge is 0.508 e. The zero-order valence-corrected chi connectivity index (χ0v) is 10.4. The van der Waals surface area contributed by atoms with E-state index < -0.39 is 10.8 Å². The molecule has 1 aromatic rings. The van der Waals surface area contributed by atoms with Crippen LogP contribution in [0.4, 0.5) is 5.69 Å². The summed E-state index contributed by atoms with van der Waals surface area (Å²) in [6.45, 7) is 2.53. The highest BCUT2D eigenvalue weighted by atomic mass is 16.6. The number of hydrogen-bond donors (Lipinski definition) is 1. The third kappa shape index (κ3) is 3.19. The number of phenols is 1. The van der Waals surface area contributed by atoms with Crippen molar-refractivity contribution >= 4 is 11.6 Å². The quantitative estimate of drug-likeness (QED) is 0.643. The van der Waals surface area contributed by atoms with Crippen molar-refractivity contribution in [1.82, 2.24) is 4.90 Å². The van der Waals surface area contributed by atoms with Gasteiger partial charge >= 0.3 is 0 Å². The van der Waals surface area contributed by atoms with Gasteiger partial charge in [0, 0.05) is 19.7 Å². The van der Waals surface area contributed by atoms with Crippen LogP contribution in [0.15, 0.2) is 18.2 Å². The van der Waals surface area contributed by atoms with Crippen molar-refractivity contribution in [1.29, 1.82) is 0 Å². The van der Waals surface area contributed by atoms with Gasteiger partial charge in [-0.05, 0) is 18.6 Å². The van der Waals surface area contributed by atoms with E-state index in [2.05, 4.69) is 0 Å². The highest BCUT2D eigenvalue weighted by molar-refractivity contribution is 5.98. The summed E-state index contributed by atoms with van der Waals surface area (Å²) < 4.78 is 0. The molecule has 0 atom stereocenters. The van der Waals surface area contributed by atoms with Crippen LogP contribution in [0.1, 0.15) is 30.1 Å². The van der Waals surface area contributed by atoms with E-state index in [-0.39, 0.29) is 17.0 Å². The molecule has 0 aliphatic rings. The summed E-state index contributed by atoms with van der Waals surface area (Å²) in [7, 11) is 1.59. The van der Waals surface area contributed by atoms with Gasteiger partial charge in [-0.25, -0.2) is 0 Å². The second kappa shape index (κ2) is 6.00. The molecule has 98 valence electrons. The minimum absolute atomic E-state index is 0.0846. The Morgan fingerprint density at radius 2 is 2.17 bits per heavy atom. The zero-order chi connectivity index (χ0) is 13.7. The smallest absolute Gasteiger partial charge is 0.282 e. The Labute approximate surface area is 105 Å². The third-order valence-electron chi connectivity index (χ3n) is 2.60. The Balaban J connectivity index is 3.03. The Kier molecular flexibility index (Phi) is 4.65. The lowest BCUT2D eigenvalue weighted by Crippen LogP contribution is -2.28. The van der Waals surface area contributed by atoms with Crippen molar-refractivity contribution in [3.8, 4) is 5.75 Å². The fourth-order valence-corrected chi connectivity index (χ4v) is 1.56. The number of amides is 1. The Morgan fingerprint density at radius 3 is 2.72 bits per heavy atom. The molecular formula is C12H16N2O4. The molecule has 0 saturated carbocycles. The minimum Gasteiger partial charge on any atom is -0.508 e. The minimum atomic E-state index is -0.625. The Bertz CT molecular complexity index is 459. The first kappa shape index (κ1) is 14.0. The zero-order valence-electron chi connectivity index (χ0n) is 10.4. The van der Waals surface area contributed by atoms with Crippen LogP contribution in [0.3, 0.4) is 0 Å². The second-order valence-corrected chi connectivity index (χ2v) is 4.04. The van der Waals surface area contributed by atoms with Gasteiger partial charge in [0.25, 0.3) is 11.6 Å². The molecule has 1 N–H and O–H groups in total. The number of rotatable bonds is 5. The standard InChI is InChI=1S/C12H16N2O4/c1-3-4-7-13(2)12(16)10-8-9(15)5-6-11(10)14(17)18/h5-6,8,15H,3-4,7H2,1-2H3. The van der Waals surface area contributed by atoms with Gasteiger partial charge in [-0.2, -0.15) is 0 Å². The van der Waals surface area contributed by atoms with Crippen LogP contribution in [-0.4, -0.2) is 34.4 Å². The summed E-state index contributed by atoms with van der Waals surface area (Å²) in [5, 5.41) is 20.2. The number of unbranched alkanes of at least 4 members (excludes halogenated alkanes) is 1. The van der Waals surface area contributed by atoms with E-state index in [4.69, 9.17) is 0 Å². The average molecular weight is 252 g/mol. The Hall–Kier alpha value is -2.11. The fourth-order valence-electron chi connectivity index (χ4n) is 1.56. The monoisotopic (exact) mass is 252 g/mol. The SMILES string of the molecule is CCCCN(C)C(=O)c1cc(O)ccc1[N+](=O)[O-]. The van der Waals surface area contributed by atoms with Crippen LogP contribution in [0.25, 0.3) is 0 Å².